The predicted molar refractivity (Wildman–Crippen MR) is 87.7 cm³/mol. The third-order valence-electron chi connectivity index (χ3n) is 3.89. The number of fused-ring (bicyclic) bond motifs is 1. The third-order valence-corrected chi connectivity index (χ3v) is 4.96. The van der Waals surface area contributed by atoms with Crippen LogP contribution in [0.2, 0.25) is 0 Å². The van der Waals surface area contributed by atoms with E-state index in [1.165, 1.54) is 0 Å². The maximum atomic E-state index is 11.5. The van der Waals surface area contributed by atoms with Gasteiger partial charge in [0, 0.05) is 29.7 Å². The lowest BCUT2D eigenvalue weighted by Gasteiger charge is -2.31. The Hall–Kier alpha value is -1.64. The second kappa shape index (κ2) is 6.42. The van der Waals surface area contributed by atoms with E-state index in [2.05, 4.69) is 33.6 Å². The molecule has 2 aliphatic heterocycles. The van der Waals surface area contributed by atoms with Gasteiger partial charge in [0.1, 0.15) is 0 Å². The zero-order chi connectivity index (χ0) is 14.7. The molecule has 2 heterocycles. The van der Waals surface area contributed by atoms with Crippen LogP contribution in [-0.2, 0) is 4.79 Å². The van der Waals surface area contributed by atoms with Crippen molar-refractivity contribution in [3.63, 3.8) is 0 Å². The molecule has 0 radical (unpaired) electrons. The van der Waals surface area contributed by atoms with Crippen LogP contribution in [0, 0.1) is 12.3 Å². The lowest BCUT2D eigenvalue weighted by atomic mass is 10.0. The highest BCUT2D eigenvalue weighted by Crippen LogP contribution is 2.33. The summed E-state index contributed by atoms with van der Waals surface area (Å²) in [6, 6.07) is 6.68. The number of hydrogen-bond donors (Lipinski definition) is 2. The minimum absolute atomic E-state index is 0.0762. The van der Waals surface area contributed by atoms with Crippen LogP contribution in [0.4, 0.5) is 11.4 Å². The van der Waals surface area contributed by atoms with E-state index < -0.39 is 0 Å². The molecule has 1 amide bonds. The molecule has 2 aliphatic rings. The molecular formula is C16H19N3OS. The molecule has 0 saturated carbocycles. The maximum Gasteiger partial charge on any atom is 0.234 e. The highest BCUT2D eigenvalue weighted by Gasteiger charge is 2.19. The minimum Gasteiger partial charge on any atom is -0.382 e. The topological polar surface area (TPSA) is 44.4 Å². The van der Waals surface area contributed by atoms with Crippen LogP contribution in [0.15, 0.2) is 23.1 Å². The van der Waals surface area contributed by atoms with Crippen molar-refractivity contribution in [2.24, 2.45) is 0 Å². The molecule has 0 unspecified atom stereocenters. The zero-order valence-corrected chi connectivity index (χ0v) is 12.7. The molecular weight excluding hydrogens is 282 g/mol. The highest BCUT2D eigenvalue weighted by molar-refractivity contribution is 8.00. The van der Waals surface area contributed by atoms with E-state index in [0.717, 1.165) is 48.7 Å². The van der Waals surface area contributed by atoms with Gasteiger partial charge in [-0.15, -0.1) is 18.2 Å². The van der Waals surface area contributed by atoms with Gasteiger partial charge in [0.05, 0.1) is 18.0 Å². The molecule has 2 N–H and O–H groups in total. The van der Waals surface area contributed by atoms with E-state index in [9.17, 15) is 4.79 Å². The fourth-order valence-electron chi connectivity index (χ4n) is 2.77. The number of thioether (sulfide) groups is 1. The summed E-state index contributed by atoms with van der Waals surface area (Å²) < 4.78 is 0. The molecule has 4 nitrogen and oxygen atoms in total. The fraction of sp³-hybridized carbons (Fsp3) is 0.438. The number of nitrogens with one attached hydrogen (secondary N) is 2. The van der Waals surface area contributed by atoms with Crippen LogP contribution in [0.25, 0.3) is 0 Å². The summed E-state index contributed by atoms with van der Waals surface area (Å²) in [7, 11) is 0. The highest BCUT2D eigenvalue weighted by atomic mass is 32.2. The smallest absolute Gasteiger partial charge is 0.234 e. The van der Waals surface area contributed by atoms with Crippen LogP contribution >= 0.6 is 11.8 Å². The Morgan fingerprint density at radius 3 is 3.00 bits per heavy atom. The van der Waals surface area contributed by atoms with E-state index in [4.69, 9.17) is 6.42 Å². The largest absolute Gasteiger partial charge is 0.382 e. The van der Waals surface area contributed by atoms with Crippen LogP contribution in [-0.4, -0.2) is 42.2 Å². The second-order valence-electron chi connectivity index (χ2n) is 5.45. The monoisotopic (exact) mass is 301 g/mol. The minimum atomic E-state index is 0.0762. The Balaban J connectivity index is 1.60. The van der Waals surface area contributed by atoms with Crippen LogP contribution in [0.3, 0.4) is 0 Å². The lowest BCUT2D eigenvalue weighted by Crippen LogP contribution is -2.39. The van der Waals surface area contributed by atoms with Gasteiger partial charge in [-0.2, -0.15) is 0 Å². The van der Waals surface area contributed by atoms with Crippen molar-refractivity contribution in [1.29, 1.82) is 0 Å². The van der Waals surface area contributed by atoms with Crippen molar-refractivity contribution in [2.45, 2.75) is 23.8 Å². The summed E-state index contributed by atoms with van der Waals surface area (Å²) in [5.74, 6) is 3.29. The van der Waals surface area contributed by atoms with Gasteiger partial charge < -0.3 is 10.6 Å². The summed E-state index contributed by atoms with van der Waals surface area (Å²) in [5, 5.41) is 6.50. The summed E-state index contributed by atoms with van der Waals surface area (Å²) in [4.78, 5) is 14.9. The van der Waals surface area contributed by atoms with Gasteiger partial charge >= 0.3 is 0 Å². The van der Waals surface area contributed by atoms with Crippen molar-refractivity contribution in [3.8, 4) is 12.3 Å². The van der Waals surface area contributed by atoms with Gasteiger partial charge in [-0.1, -0.05) is 5.92 Å². The first-order chi connectivity index (χ1) is 10.2. The van der Waals surface area contributed by atoms with E-state index in [0.29, 0.717) is 11.8 Å². The molecule has 1 aromatic carbocycles. The Kier molecular flexibility index (Phi) is 4.37. The van der Waals surface area contributed by atoms with Gasteiger partial charge in [-0.3, -0.25) is 9.69 Å². The Labute approximate surface area is 129 Å². The molecule has 1 aromatic rings. The van der Waals surface area contributed by atoms with Gasteiger partial charge in [0.2, 0.25) is 5.91 Å². The summed E-state index contributed by atoms with van der Waals surface area (Å²) in [5.41, 5.74) is 2.00. The molecule has 0 aromatic heterocycles. The van der Waals surface area contributed by atoms with Crippen LogP contribution in [0.5, 0.6) is 0 Å². The molecule has 0 atom stereocenters. The van der Waals surface area contributed by atoms with E-state index in [-0.39, 0.29) is 5.91 Å². The fourth-order valence-corrected chi connectivity index (χ4v) is 3.56. The van der Waals surface area contributed by atoms with E-state index in [1.54, 1.807) is 11.8 Å². The van der Waals surface area contributed by atoms with Gasteiger partial charge in [-0.05, 0) is 31.0 Å². The molecule has 21 heavy (non-hydrogen) atoms. The average molecular weight is 301 g/mol. The number of carbonyl (C=O) groups is 1. The normalized spacial score (nSPS) is 19.5. The molecule has 1 fully saturated rings. The first-order valence-electron chi connectivity index (χ1n) is 7.23. The van der Waals surface area contributed by atoms with Gasteiger partial charge in [0.15, 0.2) is 0 Å². The van der Waals surface area contributed by atoms with Crippen molar-refractivity contribution < 1.29 is 4.79 Å². The summed E-state index contributed by atoms with van der Waals surface area (Å²) in [6.45, 7) is 2.83. The number of carbonyl (C=O) groups excluding carboxylic acids is 1. The lowest BCUT2D eigenvalue weighted by molar-refractivity contribution is -0.113. The number of anilines is 2. The van der Waals surface area contributed by atoms with Crippen molar-refractivity contribution in [3.05, 3.63) is 18.2 Å². The Morgan fingerprint density at radius 1 is 1.43 bits per heavy atom. The SMILES string of the molecule is C#CCN1CCC(Nc2ccc3c(c2)NC(=O)CS3)CC1. The van der Waals surface area contributed by atoms with Crippen molar-refractivity contribution in [2.75, 3.05) is 36.0 Å². The number of terminal acetylenes is 1. The summed E-state index contributed by atoms with van der Waals surface area (Å²) in [6.07, 6.45) is 7.54. The molecule has 0 aliphatic carbocycles. The standard InChI is InChI=1S/C16H19N3OS/c1-2-7-19-8-5-12(6-9-19)17-13-3-4-15-14(10-13)18-16(20)11-21-15/h1,3-4,10,12,17H,5-9,11H2,(H,18,20). The number of piperidine rings is 1. The molecule has 110 valence electrons. The Morgan fingerprint density at radius 2 is 2.24 bits per heavy atom. The average Bonchev–Trinajstić information content (AvgIpc) is 2.49. The first-order valence-corrected chi connectivity index (χ1v) is 8.22. The molecule has 0 bridgehead atoms. The van der Waals surface area contributed by atoms with E-state index in [1.807, 2.05) is 6.07 Å². The molecule has 3 rings (SSSR count). The number of amides is 1. The van der Waals surface area contributed by atoms with Gasteiger partial charge in [-0.25, -0.2) is 0 Å². The van der Waals surface area contributed by atoms with E-state index >= 15 is 0 Å². The zero-order valence-electron chi connectivity index (χ0n) is 11.9. The Bertz CT molecular complexity index is 573. The quantitative estimate of drug-likeness (QED) is 0.841. The second-order valence-corrected chi connectivity index (χ2v) is 6.46. The number of likely N-dealkylation sites (tertiary alicyclic amines) is 1. The first kappa shape index (κ1) is 14.3. The maximum absolute atomic E-state index is 11.5. The number of hydrogen-bond acceptors (Lipinski definition) is 4. The molecule has 5 heteroatoms. The summed E-state index contributed by atoms with van der Waals surface area (Å²) >= 11 is 1.59. The van der Waals surface area contributed by atoms with Crippen LogP contribution < -0.4 is 10.6 Å². The molecule has 0 spiro atoms. The van der Waals surface area contributed by atoms with Crippen molar-refractivity contribution >= 4 is 29.0 Å². The van der Waals surface area contributed by atoms with Gasteiger partial charge in [0.25, 0.3) is 0 Å². The predicted octanol–water partition coefficient (Wildman–Crippen LogP) is 2.24. The number of benzene rings is 1. The van der Waals surface area contributed by atoms with Crippen LogP contribution in [0.1, 0.15) is 12.8 Å². The number of rotatable bonds is 3. The van der Waals surface area contributed by atoms with Crippen molar-refractivity contribution in [1.82, 2.24) is 4.90 Å². The third kappa shape index (κ3) is 3.52. The number of nitrogens with zero attached hydrogens (tertiary/aromatic N) is 1. The molecule has 1 saturated heterocycles.